The molecule has 0 spiro atoms. The molecule has 0 radical (unpaired) electrons. The number of hydrogen-bond donors (Lipinski definition) is 0. The fourth-order valence-electron chi connectivity index (χ4n) is 7.15. The van der Waals surface area contributed by atoms with Gasteiger partial charge in [-0.1, -0.05) is 77.0 Å². The van der Waals surface area contributed by atoms with E-state index < -0.39 is 19.9 Å². The van der Waals surface area contributed by atoms with Crippen LogP contribution in [-0.4, -0.2) is 49.9 Å². The third-order valence-electron chi connectivity index (χ3n) is 8.77. The molecule has 0 aromatic carbocycles. The summed E-state index contributed by atoms with van der Waals surface area (Å²) in [5, 5.41) is 0. The van der Waals surface area contributed by atoms with Crippen LogP contribution in [-0.2, 0) is 0 Å². The average molecular weight is 501 g/mol. The van der Waals surface area contributed by atoms with Crippen molar-refractivity contribution in [3.05, 3.63) is 5.53 Å². The maximum absolute atomic E-state index is 14.6. The van der Waals surface area contributed by atoms with Crippen LogP contribution in [0.5, 0.6) is 0 Å². The Kier molecular flexibility index (Phi) is 9.90. The van der Waals surface area contributed by atoms with Crippen LogP contribution in [0.4, 0.5) is 13.2 Å². The molecule has 0 unspecified atom stereocenters. The van der Waals surface area contributed by atoms with E-state index in [-0.39, 0.29) is 24.2 Å². The number of halogens is 3. The molecule has 4 fully saturated rings. The van der Waals surface area contributed by atoms with Crippen molar-refractivity contribution in [3.8, 4) is 0 Å². The predicted octanol–water partition coefficient (Wildman–Crippen LogP) is 8.42. The summed E-state index contributed by atoms with van der Waals surface area (Å²) >= 11 is 0. The molecule has 4 saturated carbocycles. The van der Waals surface area contributed by atoms with E-state index in [0.717, 1.165) is 103 Å². The van der Waals surface area contributed by atoms with Gasteiger partial charge < -0.3 is 5.53 Å². The van der Waals surface area contributed by atoms with Gasteiger partial charge in [0.1, 0.15) is 0 Å². The lowest BCUT2D eigenvalue weighted by Gasteiger charge is -2.52. The van der Waals surface area contributed by atoms with Gasteiger partial charge in [0.25, 0.3) is 0 Å². The van der Waals surface area contributed by atoms with Crippen LogP contribution in [0.3, 0.4) is 0 Å². The zero-order chi connectivity index (χ0) is 24.0. The van der Waals surface area contributed by atoms with Gasteiger partial charge in [-0.05, 0) is 51.4 Å². The topological polar surface area (TPSA) is 42.9 Å². The van der Waals surface area contributed by atoms with E-state index in [1.54, 1.807) is 0 Å². The van der Waals surface area contributed by atoms with Crippen molar-refractivity contribution in [2.75, 3.05) is 0 Å². The van der Waals surface area contributed by atoms with Crippen LogP contribution in [0.1, 0.15) is 128 Å². The molecule has 0 aliphatic heterocycles. The zero-order valence-electron chi connectivity index (χ0n) is 20.8. The third kappa shape index (κ3) is 6.44. The minimum atomic E-state index is -4.61. The Hall–Kier alpha value is -0.480. The maximum atomic E-state index is 14.6. The maximum Gasteiger partial charge on any atom is 0.497 e. The van der Waals surface area contributed by atoms with Crippen molar-refractivity contribution in [1.29, 1.82) is 0 Å². The molecular formula is C26H44F3N4P. The van der Waals surface area contributed by atoms with Crippen LogP contribution in [0.15, 0.2) is 0 Å². The van der Waals surface area contributed by atoms with E-state index in [2.05, 4.69) is 14.1 Å². The van der Waals surface area contributed by atoms with E-state index in [1.807, 2.05) is 0 Å². The zero-order valence-corrected chi connectivity index (χ0v) is 21.7. The van der Waals surface area contributed by atoms with Gasteiger partial charge in [-0.3, -0.25) is 9.34 Å². The standard InChI is InChI=1S/C26H44F3N4P/c27-26(28,29)25(31-30)34(32(21-13-5-1-6-14-21)22-15-7-2-8-16-22)33(23-17-9-3-10-18-23)24-19-11-4-12-20-24/h21-24H,1-20H2. The molecule has 0 saturated heterocycles. The van der Waals surface area contributed by atoms with Gasteiger partial charge >= 0.3 is 11.6 Å². The van der Waals surface area contributed by atoms with Gasteiger partial charge in [0.15, 0.2) is 8.22 Å². The third-order valence-corrected chi connectivity index (χ3v) is 11.7. The molecule has 4 rings (SSSR count). The van der Waals surface area contributed by atoms with Crippen molar-refractivity contribution in [2.24, 2.45) is 0 Å². The summed E-state index contributed by atoms with van der Waals surface area (Å²) in [5.41, 5.74) is 9.06. The molecule has 194 valence electrons. The fourth-order valence-corrected chi connectivity index (χ4v) is 10.3. The fraction of sp³-hybridized carbons (Fsp3) is 0.962. The molecule has 0 aromatic heterocycles. The van der Waals surface area contributed by atoms with Crippen LogP contribution in [0.25, 0.3) is 5.53 Å². The Bertz CT molecular complexity index is 596. The molecule has 4 nitrogen and oxygen atoms in total. The number of rotatable bonds is 7. The molecule has 4 aliphatic rings. The highest BCUT2D eigenvalue weighted by Crippen LogP contribution is 2.59. The second kappa shape index (κ2) is 12.7. The van der Waals surface area contributed by atoms with Crippen molar-refractivity contribution >= 4 is 13.7 Å². The summed E-state index contributed by atoms with van der Waals surface area (Å²) in [6, 6.07) is 0.710. The first-order valence-electron chi connectivity index (χ1n) is 14.2. The highest BCUT2D eigenvalue weighted by molar-refractivity contribution is 7.71. The Morgan fingerprint density at radius 2 is 0.824 bits per heavy atom. The monoisotopic (exact) mass is 500 g/mol. The van der Waals surface area contributed by atoms with Gasteiger partial charge in [0, 0.05) is 24.2 Å². The Balaban J connectivity index is 1.80. The first-order chi connectivity index (χ1) is 16.5. The summed E-state index contributed by atoms with van der Waals surface area (Å²) in [6.07, 6.45) is 16.8. The minimum absolute atomic E-state index is 0.178. The van der Waals surface area contributed by atoms with Crippen molar-refractivity contribution < 1.29 is 18.0 Å². The molecule has 0 N–H and O–H groups in total. The van der Waals surface area contributed by atoms with Gasteiger partial charge in [0.05, 0.1) is 0 Å². The molecule has 0 atom stereocenters. The van der Waals surface area contributed by atoms with Crippen LogP contribution < -0.4 is 0 Å². The van der Waals surface area contributed by atoms with Gasteiger partial charge in [-0.2, -0.15) is 18.0 Å². The summed E-state index contributed by atoms with van der Waals surface area (Å²) < 4.78 is 48.6. The van der Waals surface area contributed by atoms with E-state index in [4.69, 9.17) is 0 Å². The molecule has 34 heavy (non-hydrogen) atoms. The molecule has 8 heteroatoms. The smallest absolute Gasteiger partial charge is 0.361 e. The molecule has 0 aromatic rings. The summed E-state index contributed by atoms with van der Waals surface area (Å²) in [5.74, 6) is 0. The SMILES string of the molecule is [N-]=[N+]=C(P(N(C1CCCCC1)C1CCCCC1)N(C1CCCCC1)C1CCCCC1)C(F)(F)F. The second-order valence-corrected chi connectivity index (χ2v) is 13.1. The summed E-state index contributed by atoms with van der Waals surface area (Å²) in [7, 11) is -1.89. The molecule has 4 aliphatic carbocycles. The number of alkyl halides is 3. The Morgan fingerprint density at radius 1 is 0.559 bits per heavy atom. The van der Waals surface area contributed by atoms with Gasteiger partial charge in [-0.15, -0.1) is 0 Å². The molecule has 0 bridgehead atoms. The van der Waals surface area contributed by atoms with E-state index in [1.165, 1.54) is 25.7 Å². The largest absolute Gasteiger partial charge is 0.497 e. The van der Waals surface area contributed by atoms with Crippen molar-refractivity contribution in [2.45, 2.75) is 159 Å². The van der Waals surface area contributed by atoms with E-state index in [9.17, 15) is 18.7 Å². The normalized spacial score (nSPS) is 25.2. The highest BCUT2D eigenvalue weighted by atomic mass is 31.1. The molecular weight excluding hydrogens is 456 g/mol. The van der Waals surface area contributed by atoms with Crippen molar-refractivity contribution in [1.82, 2.24) is 9.34 Å². The Morgan fingerprint density at radius 3 is 1.03 bits per heavy atom. The summed E-state index contributed by atoms with van der Waals surface area (Å²) in [4.78, 5) is 3.12. The number of hydrogen-bond acceptors (Lipinski definition) is 2. The quantitative estimate of drug-likeness (QED) is 0.152. The first-order valence-corrected chi connectivity index (χ1v) is 15.4. The Labute approximate surface area is 205 Å². The molecule has 0 heterocycles. The summed E-state index contributed by atoms with van der Waals surface area (Å²) in [6.45, 7) is 0. The van der Waals surface area contributed by atoms with E-state index in [0.29, 0.717) is 0 Å². The van der Waals surface area contributed by atoms with Gasteiger partial charge in [-0.25, -0.2) is 0 Å². The highest BCUT2D eigenvalue weighted by Gasteiger charge is 2.58. The second-order valence-electron chi connectivity index (χ2n) is 11.1. The van der Waals surface area contributed by atoms with E-state index >= 15 is 0 Å². The lowest BCUT2D eigenvalue weighted by Crippen LogP contribution is -2.53. The lowest BCUT2D eigenvalue weighted by molar-refractivity contribution is -0.108. The average Bonchev–Trinajstić information content (AvgIpc) is 2.86. The number of nitrogens with zero attached hydrogens (tertiary/aromatic N) is 4. The van der Waals surface area contributed by atoms with Crippen LogP contribution in [0.2, 0.25) is 0 Å². The minimum Gasteiger partial charge on any atom is -0.361 e. The first kappa shape index (κ1) is 26.6. The van der Waals surface area contributed by atoms with Crippen LogP contribution >= 0.6 is 8.22 Å². The lowest BCUT2D eigenvalue weighted by atomic mass is 9.90. The predicted molar refractivity (Wildman–Crippen MR) is 133 cm³/mol. The van der Waals surface area contributed by atoms with Gasteiger partial charge in [0.2, 0.25) is 0 Å². The van der Waals surface area contributed by atoms with Crippen LogP contribution in [0, 0.1) is 0 Å². The molecule has 0 amide bonds. The van der Waals surface area contributed by atoms with Crippen molar-refractivity contribution in [3.63, 3.8) is 0 Å².